The van der Waals surface area contributed by atoms with Crippen molar-refractivity contribution in [3.63, 3.8) is 0 Å². The van der Waals surface area contributed by atoms with Crippen LogP contribution in [0.15, 0.2) is 91.0 Å². The predicted molar refractivity (Wildman–Crippen MR) is 190 cm³/mol. The highest BCUT2D eigenvalue weighted by atomic mass is 16.6. The molecule has 0 saturated carbocycles. The van der Waals surface area contributed by atoms with Gasteiger partial charge in [0, 0.05) is 6.42 Å². The van der Waals surface area contributed by atoms with Gasteiger partial charge in [0.2, 0.25) is 0 Å². The zero-order valence-corrected chi connectivity index (χ0v) is 29.3. The third-order valence-electron chi connectivity index (χ3n) is 7.67. The van der Waals surface area contributed by atoms with E-state index in [9.17, 15) is 4.79 Å². The zero-order valence-electron chi connectivity index (χ0n) is 29.3. The van der Waals surface area contributed by atoms with Crippen LogP contribution in [0.2, 0.25) is 0 Å². The molecule has 9 heteroatoms. The molecule has 3 rings (SSSR count). The number of rotatable bonds is 30. The fourth-order valence-corrected chi connectivity index (χ4v) is 5.21. The summed E-state index contributed by atoms with van der Waals surface area (Å²) in [5.41, 5.74) is 2.45. The molecule has 0 radical (unpaired) electrons. The largest absolute Gasteiger partial charge is 0.463 e. The first-order chi connectivity index (χ1) is 24.3. The minimum Gasteiger partial charge on any atom is -0.463 e. The monoisotopic (exact) mass is 680 g/mol. The molecule has 0 aromatic heterocycles. The minimum atomic E-state index is -0.751. The Morgan fingerprint density at radius 2 is 0.796 bits per heavy atom. The van der Waals surface area contributed by atoms with E-state index in [-0.39, 0.29) is 12.6 Å². The van der Waals surface area contributed by atoms with Gasteiger partial charge in [0.15, 0.2) is 0 Å². The molecule has 0 atom stereocenters. The minimum absolute atomic E-state index is 0.151. The van der Waals surface area contributed by atoms with E-state index in [1.54, 1.807) is 0 Å². The smallest absolute Gasteiger partial charge is 0.305 e. The summed E-state index contributed by atoms with van der Waals surface area (Å²) in [5, 5.41) is 0. The number of esters is 1. The van der Waals surface area contributed by atoms with Gasteiger partial charge in [-0.1, -0.05) is 117 Å². The quantitative estimate of drug-likeness (QED) is 0.0439. The number of benzene rings is 3. The molecule has 0 bridgehead atoms. The van der Waals surface area contributed by atoms with E-state index < -0.39 is 5.60 Å². The fraction of sp³-hybridized carbons (Fsp3) is 0.525. The lowest BCUT2D eigenvalue weighted by atomic mass is 9.80. The molecule has 9 nitrogen and oxygen atoms in total. The first-order valence-corrected chi connectivity index (χ1v) is 17.7. The van der Waals surface area contributed by atoms with E-state index in [1.807, 2.05) is 54.6 Å². The van der Waals surface area contributed by atoms with Crippen molar-refractivity contribution in [2.75, 3.05) is 92.5 Å². The molecule has 3 aromatic rings. The fourth-order valence-electron chi connectivity index (χ4n) is 5.21. The number of ether oxygens (including phenoxy) is 8. The number of hydrogen-bond acceptors (Lipinski definition) is 9. The Labute approximate surface area is 293 Å². The average molecular weight is 681 g/mol. The molecule has 0 amide bonds. The van der Waals surface area contributed by atoms with E-state index in [0.717, 1.165) is 42.4 Å². The maximum Gasteiger partial charge on any atom is 0.305 e. The third kappa shape index (κ3) is 16.4. The van der Waals surface area contributed by atoms with Gasteiger partial charge in [-0.05, 0) is 23.1 Å². The van der Waals surface area contributed by atoms with Crippen LogP contribution in [0.25, 0.3) is 0 Å². The number of carbonyl (C=O) groups excluding carboxylic acids is 1. The molecule has 0 aliphatic heterocycles. The van der Waals surface area contributed by atoms with Gasteiger partial charge in [0.05, 0.1) is 85.9 Å². The average Bonchev–Trinajstić information content (AvgIpc) is 3.15. The Morgan fingerprint density at radius 1 is 0.449 bits per heavy atom. The highest BCUT2D eigenvalue weighted by Crippen LogP contribution is 2.40. The molecule has 49 heavy (non-hydrogen) atoms. The predicted octanol–water partition coefficient (Wildman–Crippen LogP) is 6.61. The lowest BCUT2D eigenvalue weighted by Crippen LogP contribution is -2.34. The molecule has 270 valence electrons. The molecule has 0 spiro atoms. The van der Waals surface area contributed by atoms with Crippen LogP contribution in [0.5, 0.6) is 0 Å². The molecule has 0 N–H and O–H groups in total. The SMILES string of the molecule is CCCCCCC(=O)OCCOCCOCCOCCOCCOCCOCCOC(c1ccccc1)(c1ccccc1)c1ccccc1. The number of carbonyl (C=O) groups is 1. The van der Waals surface area contributed by atoms with Gasteiger partial charge in [-0.15, -0.1) is 0 Å². The van der Waals surface area contributed by atoms with Crippen molar-refractivity contribution in [2.45, 2.75) is 44.6 Å². The van der Waals surface area contributed by atoms with Crippen molar-refractivity contribution in [2.24, 2.45) is 0 Å². The first kappa shape index (κ1) is 40.3. The van der Waals surface area contributed by atoms with Crippen molar-refractivity contribution in [3.05, 3.63) is 108 Å². The molecule has 3 aromatic carbocycles. The second-order valence-electron chi connectivity index (χ2n) is 11.3. The van der Waals surface area contributed by atoms with E-state index in [2.05, 4.69) is 43.3 Å². The van der Waals surface area contributed by atoms with Crippen molar-refractivity contribution in [1.29, 1.82) is 0 Å². The van der Waals surface area contributed by atoms with Crippen LogP contribution in [0.3, 0.4) is 0 Å². The van der Waals surface area contributed by atoms with Crippen LogP contribution in [0, 0.1) is 0 Å². The maximum absolute atomic E-state index is 11.6. The number of hydrogen-bond donors (Lipinski definition) is 0. The van der Waals surface area contributed by atoms with Crippen LogP contribution in [0.1, 0.15) is 55.7 Å². The summed E-state index contributed by atoms with van der Waals surface area (Å²) in [6.45, 7) is 8.46. The van der Waals surface area contributed by atoms with Gasteiger partial charge in [0.1, 0.15) is 12.2 Å². The zero-order chi connectivity index (χ0) is 34.5. The van der Waals surface area contributed by atoms with Gasteiger partial charge in [-0.3, -0.25) is 4.79 Å². The van der Waals surface area contributed by atoms with Crippen LogP contribution in [0.4, 0.5) is 0 Å². The summed E-state index contributed by atoms with van der Waals surface area (Å²) in [7, 11) is 0. The van der Waals surface area contributed by atoms with Crippen molar-refractivity contribution in [3.8, 4) is 0 Å². The summed E-state index contributed by atoms with van der Waals surface area (Å²) >= 11 is 0. The highest BCUT2D eigenvalue weighted by molar-refractivity contribution is 5.69. The van der Waals surface area contributed by atoms with Crippen molar-refractivity contribution in [1.82, 2.24) is 0 Å². The lowest BCUT2D eigenvalue weighted by molar-refractivity contribution is -0.145. The highest BCUT2D eigenvalue weighted by Gasteiger charge is 2.37. The molecule has 0 aliphatic rings. The van der Waals surface area contributed by atoms with Gasteiger partial charge in [-0.2, -0.15) is 0 Å². The molecule has 0 aliphatic carbocycles. The van der Waals surface area contributed by atoms with Gasteiger partial charge in [-0.25, -0.2) is 0 Å². The van der Waals surface area contributed by atoms with E-state index in [1.165, 1.54) is 0 Å². The lowest BCUT2D eigenvalue weighted by Gasteiger charge is -2.36. The molecule has 0 saturated heterocycles. The van der Waals surface area contributed by atoms with Crippen molar-refractivity contribution < 1.29 is 42.7 Å². The van der Waals surface area contributed by atoms with E-state index >= 15 is 0 Å². The Kier molecular flexibility index (Phi) is 21.9. The topological polar surface area (TPSA) is 90.9 Å². The summed E-state index contributed by atoms with van der Waals surface area (Å²) in [6.07, 6.45) is 4.76. The maximum atomic E-state index is 11.6. The molecular weight excluding hydrogens is 624 g/mol. The van der Waals surface area contributed by atoms with Crippen LogP contribution >= 0.6 is 0 Å². The van der Waals surface area contributed by atoms with E-state index in [0.29, 0.717) is 92.3 Å². The van der Waals surface area contributed by atoms with Crippen LogP contribution in [-0.4, -0.2) is 98.5 Å². The standard InChI is InChI=1S/C40H56O9/c1-2-3-4-14-21-39(41)48-34-32-46-30-28-44-26-24-42-22-23-43-25-27-45-29-31-47-33-35-49-40(36-15-8-5-9-16-36,37-17-10-6-11-18-37)38-19-12-7-13-20-38/h5-13,15-20H,2-4,14,21-35H2,1H3. The Hall–Kier alpha value is -3.15. The molecule has 0 unspecified atom stereocenters. The van der Waals surface area contributed by atoms with Gasteiger partial charge < -0.3 is 37.9 Å². The van der Waals surface area contributed by atoms with Crippen LogP contribution < -0.4 is 0 Å². The molecular formula is C40H56O9. The summed E-state index contributed by atoms with van der Waals surface area (Å²) < 4.78 is 45.3. The first-order valence-electron chi connectivity index (χ1n) is 17.7. The molecule has 0 heterocycles. The second-order valence-corrected chi connectivity index (χ2v) is 11.3. The summed E-state index contributed by atoms with van der Waals surface area (Å²) in [4.78, 5) is 11.6. The van der Waals surface area contributed by atoms with Crippen LogP contribution in [-0.2, 0) is 48.3 Å². The molecule has 0 fully saturated rings. The Balaban J connectivity index is 1.14. The number of unbranched alkanes of at least 4 members (excludes halogenated alkanes) is 3. The van der Waals surface area contributed by atoms with E-state index in [4.69, 9.17) is 37.9 Å². The van der Waals surface area contributed by atoms with Gasteiger partial charge >= 0.3 is 5.97 Å². The Bertz CT molecular complexity index is 1100. The summed E-state index contributed by atoms with van der Waals surface area (Å²) in [6, 6.07) is 31.0. The normalized spacial score (nSPS) is 11.5. The van der Waals surface area contributed by atoms with Gasteiger partial charge in [0.25, 0.3) is 0 Å². The van der Waals surface area contributed by atoms with Crippen molar-refractivity contribution >= 4 is 5.97 Å². The second kappa shape index (κ2) is 26.7. The third-order valence-corrected chi connectivity index (χ3v) is 7.67. The summed E-state index contributed by atoms with van der Waals surface area (Å²) in [5.74, 6) is -0.151. The Morgan fingerprint density at radius 3 is 1.16 bits per heavy atom.